The molecule has 0 spiro atoms. The normalized spacial score (nSPS) is 23.8. The summed E-state index contributed by atoms with van der Waals surface area (Å²) in [7, 11) is 0. The number of carbonyl (C=O) groups is 2. The summed E-state index contributed by atoms with van der Waals surface area (Å²) in [6.07, 6.45) is 2.18. The minimum atomic E-state index is -0.967. The van der Waals surface area contributed by atoms with Crippen molar-refractivity contribution >= 4 is 17.6 Å². The lowest BCUT2D eigenvalue weighted by molar-refractivity contribution is -0.385. The van der Waals surface area contributed by atoms with E-state index >= 15 is 0 Å². The van der Waals surface area contributed by atoms with Gasteiger partial charge < -0.3 is 10.1 Å². The van der Waals surface area contributed by atoms with Crippen molar-refractivity contribution in [1.82, 2.24) is 5.32 Å². The highest BCUT2D eigenvalue weighted by Gasteiger charge is 2.30. The van der Waals surface area contributed by atoms with E-state index in [-0.39, 0.29) is 28.8 Å². The van der Waals surface area contributed by atoms with E-state index in [9.17, 15) is 19.7 Å². The van der Waals surface area contributed by atoms with Gasteiger partial charge in [0.25, 0.3) is 11.6 Å². The molecule has 7 nitrogen and oxygen atoms in total. The van der Waals surface area contributed by atoms with E-state index in [1.165, 1.54) is 32.0 Å². The lowest BCUT2D eigenvalue weighted by atomic mass is 9.78. The first-order valence-corrected chi connectivity index (χ1v) is 8.97. The van der Waals surface area contributed by atoms with Gasteiger partial charge in [-0.1, -0.05) is 32.8 Å². The van der Waals surface area contributed by atoms with E-state index in [1.807, 2.05) is 0 Å². The zero-order chi connectivity index (χ0) is 19.4. The molecule has 0 unspecified atom stereocenters. The molecule has 4 atom stereocenters. The van der Waals surface area contributed by atoms with Crippen molar-refractivity contribution in [3.63, 3.8) is 0 Å². The van der Waals surface area contributed by atoms with E-state index < -0.39 is 17.0 Å². The van der Waals surface area contributed by atoms with Gasteiger partial charge in [-0.25, -0.2) is 4.79 Å². The second-order valence-electron chi connectivity index (χ2n) is 7.14. The Labute approximate surface area is 153 Å². The summed E-state index contributed by atoms with van der Waals surface area (Å²) in [6.45, 7) is 7.30. The van der Waals surface area contributed by atoms with Crippen molar-refractivity contribution in [2.24, 2.45) is 11.8 Å². The van der Waals surface area contributed by atoms with E-state index in [0.717, 1.165) is 19.3 Å². The van der Waals surface area contributed by atoms with Crippen LogP contribution in [0.15, 0.2) is 18.2 Å². The fourth-order valence-electron chi connectivity index (χ4n) is 3.41. The second-order valence-corrected chi connectivity index (χ2v) is 7.14. The molecule has 0 aromatic heterocycles. The van der Waals surface area contributed by atoms with Crippen LogP contribution in [0.5, 0.6) is 0 Å². The number of nitrogens with one attached hydrogen (secondary N) is 1. The van der Waals surface area contributed by atoms with E-state index in [1.54, 1.807) is 0 Å². The van der Waals surface area contributed by atoms with Crippen LogP contribution in [-0.4, -0.2) is 28.9 Å². The molecule has 0 aliphatic heterocycles. The minimum absolute atomic E-state index is 0.0759. The van der Waals surface area contributed by atoms with Crippen LogP contribution >= 0.6 is 0 Å². The predicted octanol–water partition coefficient (Wildman–Crippen LogP) is 3.39. The van der Waals surface area contributed by atoms with Gasteiger partial charge in [0, 0.05) is 17.7 Å². The summed E-state index contributed by atoms with van der Waals surface area (Å²) in [5.41, 5.74) is 0.171. The zero-order valence-corrected chi connectivity index (χ0v) is 15.7. The van der Waals surface area contributed by atoms with Crippen molar-refractivity contribution in [2.75, 3.05) is 0 Å². The van der Waals surface area contributed by atoms with E-state index in [2.05, 4.69) is 19.2 Å². The number of nitro groups is 1. The minimum Gasteiger partial charge on any atom is -0.449 e. The average Bonchev–Trinajstić information content (AvgIpc) is 2.58. The zero-order valence-electron chi connectivity index (χ0n) is 15.7. The third-order valence-corrected chi connectivity index (χ3v) is 5.41. The topological polar surface area (TPSA) is 98.5 Å². The number of benzene rings is 1. The van der Waals surface area contributed by atoms with Gasteiger partial charge in [-0.2, -0.15) is 0 Å². The monoisotopic (exact) mass is 362 g/mol. The average molecular weight is 362 g/mol. The van der Waals surface area contributed by atoms with Crippen LogP contribution in [0.2, 0.25) is 0 Å². The van der Waals surface area contributed by atoms with Gasteiger partial charge in [-0.3, -0.25) is 14.9 Å². The number of hydrogen-bond donors (Lipinski definition) is 1. The molecule has 1 aliphatic rings. The second kappa shape index (κ2) is 8.29. The maximum absolute atomic E-state index is 12.4. The number of amides is 1. The fourth-order valence-corrected chi connectivity index (χ4v) is 3.41. The number of nitrogens with zero attached hydrogens (tertiary/aromatic N) is 1. The lowest BCUT2D eigenvalue weighted by Crippen LogP contribution is -2.47. The SMILES string of the molecule is Cc1c(C(=O)O[C@@H](C)C(=O)N[C@H]2CCC[C@H](C)[C@@H]2C)cccc1[N+](=O)[O-]. The highest BCUT2D eigenvalue weighted by atomic mass is 16.6. The number of esters is 1. The molecule has 1 saturated carbocycles. The van der Waals surface area contributed by atoms with Gasteiger partial charge in [-0.15, -0.1) is 0 Å². The molecule has 1 aromatic rings. The molecule has 1 fully saturated rings. The molecule has 2 rings (SSSR count). The summed E-state index contributed by atoms with van der Waals surface area (Å²) in [5, 5.41) is 14.0. The summed E-state index contributed by atoms with van der Waals surface area (Å²) in [4.78, 5) is 35.2. The van der Waals surface area contributed by atoms with Crippen molar-refractivity contribution in [3.05, 3.63) is 39.4 Å². The fraction of sp³-hybridized carbons (Fsp3) is 0.579. The van der Waals surface area contributed by atoms with Crippen LogP contribution in [-0.2, 0) is 9.53 Å². The Hall–Kier alpha value is -2.44. The highest BCUT2D eigenvalue weighted by Crippen LogP contribution is 2.29. The first-order chi connectivity index (χ1) is 12.2. The van der Waals surface area contributed by atoms with Crippen molar-refractivity contribution in [3.8, 4) is 0 Å². The van der Waals surface area contributed by atoms with Gasteiger partial charge in [0.1, 0.15) is 0 Å². The molecule has 1 aliphatic carbocycles. The Kier molecular flexibility index (Phi) is 6.34. The molecule has 0 saturated heterocycles. The molecule has 142 valence electrons. The third-order valence-electron chi connectivity index (χ3n) is 5.41. The number of hydrogen-bond acceptors (Lipinski definition) is 5. The number of carbonyl (C=O) groups excluding carboxylic acids is 2. The maximum atomic E-state index is 12.4. The summed E-state index contributed by atoms with van der Waals surface area (Å²) < 4.78 is 5.24. The molecular formula is C19H26N2O5. The quantitative estimate of drug-likeness (QED) is 0.492. The Morgan fingerprint density at radius 2 is 2.00 bits per heavy atom. The van der Waals surface area contributed by atoms with E-state index in [0.29, 0.717) is 11.8 Å². The molecule has 1 amide bonds. The Morgan fingerprint density at radius 1 is 1.31 bits per heavy atom. The van der Waals surface area contributed by atoms with Crippen molar-refractivity contribution in [2.45, 2.75) is 59.1 Å². The van der Waals surface area contributed by atoms with Gasteiger partial charge in [0.05, 0.1) is 10.5 Å². The molecular weight excluding hydrogens is 336 g/mol. The number of nitro benzene ring substituents is 1. The van der Waals surface area contributed by atoms with Crippen LogP contribution in [0.25, 0.3) is 0 Å². The van der Waals surface area contributed by atoms with Gasteiger partial charge in [-0.05, 0) is 38.2 Å². The first-order valence-electron chi connectivity index (χ1n) is 8.97. The Bertz CT molecular complexity index is 703. The number of ether oxygens (including phenoxy) is 1. The standard InChI is InChI=1S/C19H26N2O5/c1-11-7-5-9-16(12(11)2)20-18(22)14(4)26-19(23)15-8-6-10-17(13(15)3)21(24)25/h6,8,10-12,14,16H,5,7,9H2,1-4H3,(H,20,22)/t11-,12-,14-,16-/m0/s1. The van der Waals surface area contributed by atoms with Crippen molar-refractivity contribution in [1.29, 1.82) is 0 Å². The molecule has 1 aromatic carbocycles. The largest absolute Gasteiger partial charge is 0.449 e. The third kappa shape index (κ3) is 4.39. The molecule has 1 N–H and O–H groups in total. The van der Waals surface area contributed by atoms with Gasteiger partial charge in [0.15, 0.2) is 6.10 Å². The Morgan fingerprint density at radius 3 is 2.65 bits per heavy atom. The smallest absolute Gasteiger partial charge is 0.339 e. The Balaban J connectivity index is 2.01. The molecule has 0 radical (unpaired) electrons. The van der Waals surface area contributed by atoms with Crippen LogP contribution in [0.3, 0.4) is 0 Å². The predicted molar refractivity (Wildman–Crippen MR) is 96.8 cm³/mol. The molecule has 7 heteroatoms. The van der Waals surface area contributed by atoms with Gasteiger partial charge in [0.2, 0.25) is 0 Å². The highest BCUT2D eigenvalue weighted by molar-refractivity contribution is 5.94. The maximum Gasteiger partial charge on any atom is 0.339 e. The van der Waals surface area contributed by atoms with Gasteiger partial charge >= 0.3 is 5.97 Å². The summed E-state index contributed by atoms with van der Waals surface area (Å²) in [5.74, 6) is -0.166. The van der Waals surface area contributed by atoms with Crippen LogP contribution in [0.1, 0.15) is 56.0 Å². The van der Waals surface area contributed by atoms with Crippen LogP contribution in [0, 0.1) is 28.9 Å². The first kappa shape index (κ1) is 19.9. The van der Waals surface area contributed by atoms with Crippen LogP contribution in [0.4, 0.5) is 5.69 Å². The molecule has 26 heavy (non-hydrogen) atoms. The summed E-state index contributed by atoms with van der Waals surface area (Å²) in [6, 6.07) is 4.29. The van der Waals surface area contributed by atoms with E-state index in [4.69, 9.17) is 4.74 Å². The van der Waals surface area contributed by atoms with Crippen LogP contribution < -0.4 is 5.32 Å². The lowest BCUT2D eigenvalue weighted by Gasteiger charge is -2.35. The van der Waals surface area contributed by atoms with Crippen molar-refractivity contribution < 1.29 is 19.2 Å². The molecule has 0 bridgehead atoms. The number of rotatable bonds is 5. The summed E-state index contributed by atoms with van der Waals surface area (Å²) >= 11 is 0. The molecule has 0 heterocycles.